The fraction of sp³-hybridized carbons (Fsp3) is 0.116. The number of nitrogens with one attached hydrogen (secondary N) is 2. The van der Waals surface area contributed by atoms with Gasteiger partial charge in [-0.3, -0.25) is 68.2 Å². The Hall–Kier alpha value is -10.6. The van der Waals surface area contributed by atoms with E-state index in [1.165, 1.54) is 36.4 Å². The number of hydrogen-bond acceptors (Lipinski definition) is 22. The molecule has 0 bridgehead atoms. The van der Waals surface area contributed by atoms with Gasteiger partial charge in [-0.15, -0.1) is 0 Å². The van der Waals surface area contributed by atoms with Crippen molar-refractivity contribution in [2.24, 2.45) is 0 Å². The van der Waals surface area contributed by atoms with E-state index in [0.29, 0.717) is 81.3 Å². The van der Waals surface area contributed by atoms with Crippen LogP contribution in [0.25, 0.3) is 0 Å². The van der Waals surface area contributed by atoms with Crippen molar-refractivity contribution in [1.29, 1.82) is 0 Å². The lowest BCUT2D eigenvalue weighted by Gasteiger charge is -2.22. The molecule has 0 aromatic heterocycles. The van der Waals surface area contributed by atoms with E-state index < -0.39 is 71.4 Å². The molecule has 10 N–H and O–H groups in total. The minimum absolute atomic E-state index is 0. The SMILES string of the molecule is C.O=C(CC(=O)OCCc1cc(Nc2ccc(O)c3c2C(=O)c2ccccc2C3=O)c(Br)cc1Br)OCCc1cc(Nc2ccc(O)c3c2C(=O)c2ccccc2C3=O)c(Br)cc1Br.O=C(CC(=O)OCCc1cc([NH2+]c2ccc(O)c3c2C(=O)c2ccccc2C3=O)c(Br)cc1Br)OCCc1cc([NH2+]c2ccc(O)c3c2C(=O)c2ccccc2C3=O)c(Br)cc1Br.[Br-].[Br-]. The third-order valence-electron chi connectivity index (χ3n) is 21.2. The fourth-order valence-corrected chi connectivity index (χ4v) is 20.3. The number of carbonyl (C=O) groups excluding carboxylic acids is 12. The van der Waals surface area contributed by atoms with Crippen LogP contribution in [0.5, 0.6) is 23.0 Å². The zero-order valence-electron chi connectivity index (χ0n) is 65.8. The number of hydrogen-bond donors (Lipinski definition) is 8. The van der Waals surface area contributed by atoms with Crippen molar-refractivity contribution in [3.8, 4) is 23.0 Å². The Morgan fingerprint density at radius 2 is 0.488 bits per heavy atom. The van der Waals surface area contributed by atoms with Crippen LogP contribution in [0.2, 0.25) is 0 Å². The lowest BCUT2D eigenvalue weighted by molar-refractivity contribution is -0.480. The van der Waals surface area contributed by atoms with Crippen LogP contribution in [0.3, 0.4) is 0 Å². The molecule has 34 heteroatoms. The molecule has 0 radical (unpaired) electrons. The molecule has 0 fully saturated rings. The molecule has 0 saturated heterocycles. The first-order valence-corrected chi connectivity index (χ1v) is 44.7. The smallest absolute Gasteiger partial charge is 0.317 e. The summed E-state index contributed by atoms with van der Waals surface area (Å²) in [5, 5.41) is 52.3. The first-order chi connectivity index (χ1) is 60.4. The van der Waals surface area contributed by atoms with Crippen LogP contribution >= 0.6 is 127 Å². The summed E-state index contributed by atoms with van der Waals surface area (Å²) in [5.41, 5.74) is 8.82. The van der Waals surface area contributed by atoms with Gasteiger partial charge in [0.05, 0.1) is 103 Å². The van der Waals surface area contributed by atoms with Crippen molar-refractivity contribution in [2.75, 3.05) is 37.1 Å². The number of fused-ring (bicyclic) bond motifs is 8. The Morgan fingerprint density at radius 1 is 0.264 bits per heavy atom. The number of rotatable bonds is 24. The summed E-state index contributed by atoms with van der Waals surface area (Å²) >= 11 is 28.4. The lowest BCUT2D eigenvalue weighted by Crippen LogP contribution is -3.00. The third kappa shape index (κ3) is 20.3. The van der Waals surface area contributed by atoms with Crippen molar-refractivity contribution in [3.05, 3.63) is 341 Å². The largest absolute Gasteiger partial charge is 1.00 e. The molecule has 0 unspecified atom stereocenters. The first kappa shape index (κ1) is 97.5. The van der Waals surface area contributed by atoms with Crippen LogP contribution in [0, 0.1) is 0 Å². The van der Waals surface area contributed by atoms with Gasteiger partial charge < -0.3 is 84.0 Å². The van der Waals surface area contributed by atoms with Crippen LogP contribution in [-0.2, 0) is 63.8 Å². The number of quaternary nitrogens is 2. The molecule has 0 saturated carbocycles. The summed E-state index contributed by atoms with van der Waals surface area (Å²) in [6.45, 7) is -0.234. The predicted molar refractivity (Wildman–Crippen MR) is 497 cm³/mol. The fourth-order valence-electron chi connectivity index (χ4n) is 15.1. The summed E-state index contributed by atoms with van der Waals surface area (Å²) in [6.07, 6.45) is -0.177. The van der Waals surface area contributed by atoms with E-state index in [1.54, 1.807) is 144 Å². The molecular weight excluding hydrogens is 2320 g/mol. The monoisotopic (exact) mass is 2370 g/mol. The second kappa shape index (κ2) is 41.7. The Kier molecular flexibility index (Phi) is 31.5. The number of aromatic hydroxyl groups is 4. The number of nitrogens with two attached hydrogens (primary N) is 2. The number of benzene rings is 12. The molecule has 12 aromatic carbocycles. The van der Waals surface area contributed by atoms with E-state index in [2.05, 4.69) is 138 Å². The Morgan fingerprint density at radius 3 is 0.760 bits per heavy atom. The first-order valence-electron chi connectivity index (χ1n) is 38.4. The highest BCUT2D eigenvalue weighted by Crippen LogP contribution is 2.45. The molecule has 4 aliphatic rings. The number of phenolic OH excluding ortho intramolecular Hbond substituents is 4. The van der Waals surface area contributed by atoms with E-state index in [0.717, 1.165) is 22.3 Å². The number of ketones is 8. The normalized spacial score (nSPS) is 12.3. The van der Waals surface area contributed by atoms with Gasteiger partial charge in [0.1, 0.15) is 58.6 Å². The number of phenols is 4. The zero-order valence-corrected chi connectivity index (χ0v) is 81.7. The molecule has 0 aliphatic heterocycles. The van der Waals surface area contributed by atoms with Gasteiger partial charge in [0.2, 0.25) is 11.6 Å². The predicted octanol–water partition coefficient (Wildman–Crippen LogP) is 13.1. The maximum absolute atomic E-state index is 13.6. The second-order valence-corrected chi connectivity index (χ2v) is 35.8. The third-order valence-corrected chi connectivity index (χ3v) is 26.8. The molecule has 0 spiro atoms. The van der Waals surface area contributed by atoms with Gasteiger partial charge in [-0.1, -0.05) is 168 Å². The minimum atomic E-state index is -0.782. The summed E-state index contributed by atoms with van der Waals surface area (Å²) in [5.74, 6) is -7.62. The van der Waals surface area contributed by atoms with Crippen LogP contribution in [0.1, 0.15) is 170 Å². The molecule has 129 heavy (non-hydrogen) atoms. The maximum Gasteiger partial charge on any atom is 0.317 e. The molecule has 0 heterocycles. The van der Waals surface area contributed by atoms with Crippen molar-refractivity contribution in [1.82, 2.24) is 0 Å². The number of anilines is 4. The molecular formula is C95H66Br10N4O20. The average molecular weight is 2380 g/mol. The van der Waals surface area contributed by atoms with E-state index >= 15 is 0 Å². The van der Waals surface area contributed by atoms with Gasteiger partial charge >= 0.3 is 23.9 Å². The van der Waals surface area contributed by atoms with Crippen LogP contribution in [0.15, 0.2) is 230 Å². The molecule has 24 nitrogen and oxygen atoms in total. The van der Waals surface area contributed by atoms with Crippen LogP contribution < -0.4 is 55.2 Å². The van der Waals surface area contributed by atoms with E-state index in [-0.39, 0.29) is 217 Å². The van der Waals surface area contributed by atoms with E-state index in [4.69, 9.17) is 18.9 Å². The van der Waals surface area contributed by atoms with E-state index in [1.807, 2.05) is 24.3 Å². The van der Waals surface area contributed by atoms with Gasteiger partial charge in [0, 0.05) is 121 Å². The Labute approximate surface area is 823 Å². The number of esters is 4. The average Bonchev–Trinajstić information content (AvgIpc) is 0.756. The van der Waals surface area contributed by atoms with E-state index in [9.17, 15) is 78.0 Å². The highest BCUT2D eigenvalue weighted by atomic mass is 79.9. The van der Waals surface area contributed by atoms with Gasteiger partial charge in [-0.25, -0.2) is 0 Å². The zero-order chi connectivity index (χ0) is 89.4. The molecule has 12 aromatic rings. The van der Waals surface area contributed by atoms with Crippen LogP contribution in [-0.4, -0.2) is 117 Å². The molecule has 656 valence electrons. The Bertz CT molecular complexity index is 5980. The number of halogens is 10. The lowest BCUT2D eigenvalue weighted by atomic mass is 9.82. The number of carbonyl (C=O) groups is 12. The molecule has 16 rings (SSSR count). The Balaban J connectivity index is 0.000000228. The maximum atomic E-state index is 13.6. The molecule has 0 atom stereocenters. The summed E-state index contributed by atoms with van der Waals surface area (Å²) in [4.78, 5) is 158. The summed E-state index contributed by atoms with van der Waals surface area (Å²) in [6, 6.07) is 52.0. The van der Waals surface area contributed by atoms with Crippen molar-refractivity contribution < 1.29 is 142 Å². The summed E-state index contributed by atoms with van der Waals surface area (Å²) in [7, 11) is 0. The van der Waals surface area contributed by atoms with Gasteiger partial charge in [-0.05, 0) is 159 Å². The van der Waals surface area contributed by atoms with Crippen molar-refractivity contribution >= 4 is 243 Å². The minimum Gasteiger partial charge on any atom is -1.00 e. The van der Waals surface area contributed by atoms with Gasteiger partial charge in [0.25, 0.3) is 0 Å². The van der Waals surface area contributed by atoms with Crippen molar-refractivity contribution in [3.63, 3.8) is 0 Å². The quantitative estimate of drug-likeness (QED) is 0.00915. The van der Waals surface area contributed by atoms with Crippen molar-refractivity contribution in [2.45, 2.75) is 46.0 Å². The summed E-state index contributed by atoms with van der Waals surface area (Å²) < 4.78 is 26.9. The van der Waals surface area contributed by atoms with Gasteiger partial charge in [0.15, 0.2) is 34.7 Å². The van der Waals surface area contributed by atoms with Gasteiger partial charge in [-0.2, -0.15) is 0 Å². The standard InChI is InChI=1S/2C47H30Br4N2O10.CH4.2BrH/c2*48-28-19-30(50)34(52-32-9-11-36(54)42-40(32)44(58)24-5-1-3-7-26(24)46(42)60)17-22(28)13-15-62-38(56)21-39(57)63-16-14-23-18-35(31(51)20-29(23)49)53-33-10-12-37(55)43-41(33)45(59)25-6-2-4-8-27(25)47(43)61;;;/h2*1-12,17-20,52-55H,13-16,21H2;1H4;2*1H. The number of ether oxygens (including phenoxy) is 4. The highest BCUT2D eigenvalue weighted by Gasteiger charge is 2.40. The second-order valence-electron chi connectivity index (χ2n) is 29.0. The highest BCUT2D eigenvalue weighted by molar-refractivity contribution is 9.12. The molecule has 4 aliphatic carbocycles. The topological polar surface area (TPSA) is 380 Å². The van der Waals surface area contributed by atoms with Crippen LogP contribution in [0.4, 0.5) is 45.5 Å². The molecule has 0 amide bonds.